The summed E-state index contributed by atoms with van der Waals surface area (Å²) in [5.41, 5.74) is 1.90. The van der Waals surface area contributed by atoms with Gasteiger partial charge in [-0.3, -0.25) is 19.7 Å². The van der Waals surface area contributed by atoms with Gasteiger partial charge in [0.15, 0.2) is 0 Å². The van der Waals surface area contributed by atoms with E-state index in [0.717, 1.165) is 16.1 Å². The van der Waals surface area contributed by atoms with Gasteiger partial charge in [-0.25, -0.2) is 0 Å². The highest BCUT2D eigenvalue weighted by atomic mass is 32.2. The number of hydrogen-bond donors (Lipinski definition) is 1. The van der Waals surface area contributed by atoms with E-state index in [1.807, 2.05) is 43.5 Å². The van der Waals surface area contributed by atoms with E-state index in [-0.39, 0.29) is 23.6 Å². The lowest BCUT2D eigenvalue weighted by molar-refractivity contribution is -0.385. The first-order valence-electron chi connectivity index (χ1n) is 10.0. The molecule has 0 bridgehead atoms. The predicted octanol–water partition coefficient (Wildman–Crippen LogP) is 5.16. The van der Waals surface area contributed by atoms with Crippen molar-refractivity contribution in [1.82, 2.24) is 0 Å². The number of rotatable bonds is 8. The lowest BCUT2D eigenvalue weighted by Crippen LogP contribution is -2.31. The Morgan fingerprint density at radius 3 is 2.31 bits per heavy atom. The summed E-state index contributed by atoms with van der Waals surface area (Å²) >= 11 is 1.40. The van der Waals surface area contributed by atoms with Gasteiger partial charge >= 0.3 is 0 Å². The van der Waals surface area contributed by atoms with Gasteiger partial charge in [0, 0.05) is 28.9 Å². The molecule has 0 saturated carbocycles. The maximum atomic E-state index is 12.7. The fourth-order valence-electron chi connectivity index (χ4n) is 3.27. The lowest BCUT2D eigenvalue weighted by atomic mass is 10.1. The smallest absolute Gasteiger partial charge is 0.282 e. The minimum absolute atomic E-state index is 0.00236. The number of para-hydroxylation sites is 1. The van der Waals surface area contributed by atoms with Gasteiger partial charge < -0.3 is 10.2 Å². The van der Waals surface area contributed by atoms with Crippen LogP contribution in [0.15, 0.2) is 77.7 Å². The zero-order valence-electron chi connectivity index (χ0n) is 17.8. The Kier molecular flexibility index (Phi) is 7.62. The van der Waals surface area contributed by atoms with Crippen molar-refractivity contribution in [3.05, 3.63) is 94.0 Å². The molecule has 0 atom stereocenters. The van der Waals surface area contributed by atoms with E-state index in [2.05, 4.69) is 5.32 Å². The van der Waals surface area contributed by atoms with Crippen LogP contribution in [0.1, 0.15) is 22.8 Å². The van der Waals surface area contributed by atoms with Crippen LogP contribution in [0.4, 0.5) is 17.1 Å². The van der Waals surface area contributed by atoms with Crippen LogP contribution in [-0.2, 0) is 11.2 Å². The highest BCUT2D eigenvalue weighted by Crippen LogP contribution is 2.26. The maximum Gasteiger partial charge on any atom is 0.282 e. The van der Waals surface area contributed by atoms with Gasteiger partial charge in [-0.2, -0.15) is 0 Å². The molecule has 8 heteroatoms. The molecule has 0 aliphatic rings. The van der Waals surface area contributed by atoms with E-state index >= 15 is 0 Å². The van der Waals surface area contributed by atoms with Gasteiger partial charge in [0.2, 0.25) is 5.91 Å². The van der Waals surface area contributed by atoms with Gasteiger partial charge in [-0.15, -0.1) is 11.8 Å². The van der Waals surface area contributed by atoms with Crippen molar-refractivity contribution in [3.63, 3.8) is 0 Å². The summed E-state index contributed by atoms with van der Waals surface area (Å²) < 4.78 is 0. The summed E-state index contributed by atoms with van der Waals surface area (Å²) in [6.45, 7) is 2.49. The number of carbonyl (C=O) groups excluding carboxylic acids is 2. The van der Waals surface area contributed by atoms with Gasteiger partial charge in [-0.1, -0.05) is 30.3 Å². The molecule has 0 aliphatic heterocycles. The van der Waals surface area contributed by atoms with Crippen LogP contribution in [0.2, 0.25) is 0 Å². The monoisotopic (exact) mass is 449 g/mol. The van der Waals surface area contributed by atoms with Crippen LogP contribution in [0.25, 0.3) is 0 Å². The normalized spacial score (nSPS) is 10.4. The Morgan fingerprint density at radius 2 is 1.72 bits per heavy atom. The van der Waals surface area contributed by atoms with Crippen molar-refractivity contribution < 1.29 is 14.5 Å². The average molecular weight is 450 g/mol. The largest absolute Gasteiger partial charge is 0.322 e. The molecule has 1 N–H and O–H groups in total. The van der Waals surface area contributed by atoms with E-state index in [1.54, 1.807) is 35.2 Å². The minimum atomic E-state index is -0.569. The molecule has 0 heterocycles. The first-order chi connectivity index (χ1) is 15.4. The molecular formula is C24H23N3O4S. The van der Waals surface area contributed by atoms with E-state index in [1.165, 1.54) is 23.9 Å². The third-order valence-electron chi connectivity index (χ3n) is 4.90. The molecule has 0 saturated heterocycles. The number of amides is 2. The number of hydrogen-bond acceptors (Lipinski definition) is 5. The molecule has 0 radical (unpaired) electrons. The number of thioether (sulfide) groups is 1. The number of nitro benzene ring substituents is 1. The number of nitrogens with one attached hydrogen (secondary N) is 1. The first-order valence-corrected chi connectivity index (χ1v) is 11.2. The van der Waals surface area contributed by atoms with Crippen LogP contribution >= 0.6 is 11.8 Å². The van der Waals surface area contributed by atoms with Crippen molar-refractivity contribution in [2.75, 3.05) is 23.0 Å². The van der Waals surface area contributed by atoms with Crippen molar-refractivity contribution >= 4 is 40.6 Å². The van der Waals surface area contributed by atoms with Gasteiger partial charge in [0.1, 0.15) is 5.56 Å². The maximum absolute atomic E-state index is 12.7. The van der Waals surface area contributed by atoms with Crippen molar-refractivity contribution in [1.29, 1.82) is 0 Å². The third-order valence-corrected chi connectivity index (χ3v) is 5.62. The van der Waals surface area contributed by atoms with E-state index in [9.17, 15) is 19.7 Å². The first kappa shape index (κ1) is 23.0. The number of nitro groups is 1. The highest BCUT2D eigenvalue weighted by Gasteiger charge is 2.21. The van der Waals surface area contributed by atoms with Crippen molar-refractivity contribution in [2.24, 2.45) is 0 Å². The number of likely N-dealkylation sites (N-methyl/N-ethyl adjacent to an activating group) is 1. The Balaban J connectivity index is 1.70. The second-order valence-corrected chi connectivity index (χ2v) is 7.82. The molecule has 0 spiro atoms. The quantitative estimate of drug-likeness (QED) is 0.291. The van der Waals surface area contributed by atoms with Gasteiger partial charge in [0.05, 0.1) is 11.3 Å². The van der Waals surface area contributed by atoms with Crippen LogP contribution in [0.5, 0.6) is 0 Å². The summed E-state index contributed by atoms with van der Waals surface area (Å²) in [6.07, 6.45) is 2.05. The number of benzene rings is 3. The summed E-state index contributed by atoms with van der Waals surface area (Å²) in [7, 11) is 0. The van der Waals surface area contributed by atoms with Crippen LogP contribution in [0, 0.1) is 10.1 Å². The highest BCUT2D eigenvalue weighted by molar-refractivity contribution is 7.98. The summed E-state index contributed by atoms with van der Waals surface area (Å²) in [6, 6.07) is 20.8. The molecule has 0 unspecified atom stereocenters. The number of nitrogens with zero attached hydrogens (tertiary/aromatic N) is 2. The Morgan fingerprint density at radius 1 is 1.03 bits per heavy atom. The average Bonchev–Trinajstić information content (AvgIpc) is 2.81. The summed E-state index contributed by atoms with van der Waals surface area (Å²) in [4.78, 5) is 38.6. The third kappa shape index (κ3) is 5.53. The zero-order chi connectivity index (χ0) is 23.1. The second-order valence-electron chi connectivity index (χ2n) is 6.94. The number of carbonyl (C=O) groups is 2. The molecule has 0 aromatic heterocycles. The zero-order valence-corrected chi connectivity index (χ0v) is 18.6. The molecule has 32 heavy (non-hydrogen) atoms. The fourth-order valence-corrected chi connectivity index (χ4v) is 3.71. The van der Waals surface area contributed by atoms with Crippen LogP contribution in [-0.4, -0.2) is 29.5 Å². The molecule has 0 aliphatic carbocycles. The Hall–Kier alpha value is -3.65. The topological polar surface area (TPSA) is 92.6 Å². The molecule has 3 aromatic carbocycles. The van der Waals surface area contributed by atoms with E-state index < -0.39 is 10.8 Å². The van der Waals surface area contributed by atoms with Gasteiger partial charge in [-0.05, 0) is 55.1 Å². The predicted molar refractivity (Wildman–Crippen MR) is 127 cm³/mol. The second kappa shape index (κ2) is 10.6. The number of anilines is 2. The van der Waals surface area contributed by atoms with Crippen LogP contribution < -0.4 is 10.2 Å². The Labute approximate surface area is 190 Å². The fraction of sp³-hybridized carbons (Fsp3) is 0.167. The SMILES string of the molecule is CCN(C(=O)Cc1ccc(NC(=O)c2cc(SC)ccc2[N+](=O)[O-])cc1)c1ccccc1. The standard InChI is InChI=1S/C24H23N3O4S/c1-3-26(19-7-5-4-6-8-19)23(28)15-17-9-11-18(12-10-17)25-24(29)21-16-20(32-2)13-14-22(21)27(30)31/h4-14,16H,3,15H2,1-2H3,(H,25,29). The summed E-state index contributed by atoms with van der Waals surface area (Å²) in [5.74, 6) is -0.586. The molecule has 0 fully saturated rings. The van der Waals surface area contributed by atoms with Crippen LogP contribution in [0.3, 0.4) is 0 Å². The van der Waals surface area contributed by atoms with E-state index in [0.29, 0.717) is 12.2 Å². The molecular weight excluding hydrogens is 426 g/mol. The van der Waals surface area contributed by atoms with Gasteiger partial charge in [0.25, 0.3) is 11.6 Å². The molecule has 3 rings (SSSR count). The molecule has 2 amide bonds. The molecule has 164 valence electrons. The van der Waals surface area contributed by atoms with Crippen molar-refractivity contribution in [3.8, 4) is 0 Å². The minimum Gasteiger partial charge on any atom is -0.322 e. The Bertz CT molecular complexity index is 1120. The molecule has 3 aromatic rings. The molecule has 7 nitrogen and oxygen atoms in total. The summed E-state index contributed by atoms with van der Waals surface area (Å²) in [5, 5.41) is 14.0. The van der Waals surface area contributed by atoms with E-state index in [4.69, 9.17) is 0 Å². The lowest BCUT2D eigenvalue weighted by Gasteiger charge is -2.21. The van der Waals surface area contributed by atoms with Crippen molar-refractivity contribution in [2.45, 2.75) is 18.2 Å².